The molecule has 0 aliphatic carbocycles. The van der Waals surface area contributed by atoms with Crippen molar-refractivity contribution >= 4 is 5.91 Å². The smallest absolute Gasteiger partial charge is 0.229 e. The molecular weight excluding hydrogens is 240 g/mol. The van der Waals surface area contributed by atoms with Crippen molar-refractivity contribution in [2.75, 3.05) is 0 Å². The fourth-order valence-corrected chi connectivity index (χ4v) is 3.66. The van der Waals surface area contributed by atoms with E-state index in [0.717, 1.165) is 18.5 Å². The SMILES string of the molecule is CC1(C)CC(N)CC(C)(C)N1C(=O)Cc1ccn[nH]1. The van der Waals surface area contributed by atoms with Gasteiger partial charge in [-0.25, -0.2) is 0 Å². The maximum Gasteiger partial charge on any atom is 0.229 e. The average Bonchev–Trinajstić information content (AvgIpc) is 2.64. The number of aromatic nitrogens is 2. The number of aromatic amines is 1. The van der Waals surface area contributed by atoms with Crippen LogP contribution < -0.4 is 5.73 Å². The number of rotatable bonds is 2. The average molecular weight is 264 g/mol. The monoisotopic (exact) mass is 264 g/mol. The van der Waals surface area contributed by atoms with E-state index in [1.165, 1.54) is 0 Å². The van der Waals surface area contributed by atoms with Crippen molar-refractivity contribution in [3.05, 3.63) is 18.0 Å². The van der Waals surface area contributed by atoms with Gasteiger partial charge < -0.3 is 10.6 Å². The Balaban J connectivity index is 2.22. The van der Waals surface area contributed by atoms with Crippen molar-refractivity contribution in [1.29, 1.82) is 0 Å². The number of piperidine rings is 1. The number of carbonyl (C=O) groups excluding carboxylic acids is 1. The van der Waals surface area contributed by atoms with Gasteiger partial charge in [-0.3, -0.25) is 9.89 Å². The van der Waals surface area contributed by atoms with E-state index in [4.69, 9.17) is 5.73 Å². The molecule has 1 amide bonds. The molecule has 0 bridgehead atoms. The summed E-state index contributed by atoms with van der Waals surface area (Å²) in [6.07, 6.45) is 3.71. The standard InChI is InChI=1S/C14H24N4O/c1-13(2)8-10(15)9-14(3,4)18(13)12(19)7-11-5-6-16-17-11/h5-6,10H,7-9,15H2,1-4H3,(H,16,17). The van der Waals surface area contributed by atoms with Crippen LogP contribution in [-0.4, -0.2) is 38.1 Å². The summed E-state index contributed by atoms with van der Waals surface area (Å²) in [6.45, 7) is 8.38. The minimum absolute atomic E-state index is 0.131. The van der Waals surface area contributed by atoms with Crippen molar-refractivity contribution < 1.29 is 4.79 Å². The predicted octanol–water partition coefficient (Wildman–Crippen LogP) is 1.46. The van der Waals surface area contributed by atoms with Crippen LogP contribution in [0.4, 0.5) is 0 Å². The molecule has 1 aliphatic heterocycles. The van der Waals surface area contributed by atoms with Crippen molar-refractivity contribution in [3.63, 3.8) is 0 Å². The molecule has 1 aromatic heterocycles. The molecule has 1 aromatic rings. The highest BCUT2D eigenvalue weighted by Crippen LogP contribution is 2.38. The fourth-order valence-electron chi connectivity index (χ4n) is 3.66. The zero-order chi connectivity index (χ0) is 14.3. The summed E-state index contributed by atoms with van der Waals surface area (Å²) in [5.41, 5.74) is 6.56. The molecule has 0 saturated carbocycles. The van der Waals surface area contributed by atoms with Gasteiger partial charge in [-0.05, 0) is 46.6 Å². The van der Waals surface area contributed by atoms with Crippen LogP contribution in [0.15, 0.2) is 12.3 Å². The van der Waals surface area contributed by atoms with Crippen LogP contribution in [0, 0.1) is 0 Å². The van der Waals surface area contributed by atoms with E-state index in [1.54, 1.807) is 6.20 Å². The van der Waals surface area contributed by atoms with E-state index in [-0.39, 0.29) is 23.0 Å². The molecular formula is C14H24N4O. The molecule has 0 aromatic carbocycles. The van der Waals surface area contributed by atoms with Gasteiger partial charge in [0.1, 0.15) is 0 Å². The van der Waals surface area contributed by atoms with Crippen LogP contribution in [0.3, 0.4) is 0 Å². The Morgan fingerprint density at radius 1 is 1.42 bits per heavy atom. The normalized spacial score (nSPS) is 22.5. The predicted molar refractivity (Wildman–Crippen MR) is 74.5 cm³/mol. The number of nitrogens with one attached hydrogen (secondary N) is 1. The Morgan fingerprint density at radius 2 is 2.00 bits per heavy atom. The zero-order valence-electron chi connectivity index (χ0n) is 12.2. The second-order valence-corrected chi connectivity index (χ2v) is 6.78. The van der Waals surface area contributed by atoms with E-state index in [9.17, 15) is 4.79 Å². The van der Waals surface area contributed by atoms with Crippen molar-refractivity contribution in [2.24, 2.45) is 5.73 Å². The first-order chi connectivity index (χ1) is 8.72. The third-order valence-electron chi connectivity index (χ3n) is 3.88. The molecule has 0 unspecified atom stereocenters. The molecule has 106 valence electrons. The van der Waals surface area contributed by atoms with Crippen LogP contribution in [0.5, 0.6) is 0 Å². The number of hydrogen-bond acceptors (Lipinski definition) is 3. The maximum atomic E-state index is 12.6. The summed E-state index contributed by atoms with van der Waals surface area (Å²) in [5.74, 6) is 0.131. The number of hydrogen-bond donors (Lipinski definition) is 2. The highest BCUT2D eigenvalue weighted by molar-refractivity contribution is 5.80. The molecule has 1 fully saturated rings. The first kappa shape index (κ1) is 14.1. The fraction of sp³-hybridized carbons (Fsp3) is 0.714. The summed E-state index contributed by atoms with van der Waals surface area (Å²) < 4.78 is 0. The third-order valence-corrected chi connectivity index (χ3v) is 3.88. The first-order valence-corrected chi connectivity index (χ1v) is 6.79. The molecule has 5 nitrogen and oxygen atoms in total. The van der Waals surface area contributed by atoms with E-state index in [1.807, 2.05) is 11.0 Å². The van der Waals surface area contributed by atoms with E-state index < -0.39 is 0 Å². The van der Waals surface area contributed by atoms with E-state index >= 15 is 0 Å². The Kier molecular flexibility index (Phi) is 3.43. The highest BCUT2D eigenvalue weighted by atomic mass is 16.2. The molecule has 1 saturated heterocycles. The number of carbonyl (C=O) groups is 1. The Morgan fingerprint density at radius 3 is 2.47 bits per heavy atom. The third kappa shape index (κ3) is 2.81. The lowest BCUT2D eigenvalue weighted by Crippen LogP contribution is -2.65. The molecule has 2 rings (SSSR count). The van der Waals surface area contributed by atoms with Gasteiger partial charge in [-0.1, -0.05) is 0 Å². The minimum Gasteiger partial charge on any atom is -0.332 e. The molecule has 2 heterocycles. The van der Waals surface area contributed by atoms with Gasteiger partial charge in [0.05, 0.1) is 6.42 Å². The van der Waals surface area contributed by atoms with Gasteiger partial charge in [0.2, 0.25) is 5.91 Å². The molecule has 0 radical (unpaired) electrons. The number of amides is 1. The number of nitrogens with two attached hydrogens (primary N) is 1. The van der Waals surface area contributed by atoms with Crippen LogP contribution in [0.25, 0.3) is 0 Å². The minimum atomic E-state index is -0.210. The lowest BCUT2D eigenvalue weighted by atomic mass is 9.77. The second-order valence-electron chi connectivity index (χ2n) is 6.78. The number of nitrogens with zero attached hydrogens (tertiary/aromatic N) is 2. The van der Waals surface area contributed by atoms with E-state index in [2.05, 4.69) is 37.9 Å². The van der Waals surface area contributed by atoms with Gasteiger partial charge in [0.25, 0.3) is 0 Å². The Labute approximate surface area is 114 Å². The van der Waals surface area contributed by atoms with Crippen LogP contribution >= 0.6 is 0 Å². The largest absolute Gasteiger partial charge is 0.332 e. The molecule has 1 aliphatic rings. The summed E-state index contributed by atoms with van der Waals surface area (Å²) >= 11 is 0. The summed E-state index contributed by atoms with van der Waals surface area (Å²) in [4.78, 5) is 14.6. The van der Waals surface area contributed by atoms with Crippen LogP contribution in [0.2, 0.25) is 0 Å². The molecule has 0 spiro atoms. The van der Waals surface area contributed by atoms with Crippen LogP contribution in [0.1, 0.15) is 46.2 Å². The zero-order valence-corrected chi connectivity index (χ0v) is 12.2. The molecule has 19 heavy (non-hydrogen) atoms. The van der Waals surface area contributed by atoms with Gasteiger partial charge in [0.15, 0.2) is 0 Å². The molecule has 5 heteroatoms. The lowest BCUT2D eigenvalue weighted by molar-refractivity contribution is -0.148. The lowest BCUT2D eigenvalue weighted by Gasteiger charge is -2.54. The highest BCUT2D eigenvalue weighted by Gasteiger charge is 2.46. The van der Waals surface area contributed by atoms with Crippen LogP contribution in [-0.2, 0) is 11.2 Å². The van der Waals surface area contributed by atoms with E-state index in [0.29, 0.717) is 6.42 Å². The van der Waals surface area contributed by atoms with Crippen molar-refractivity contribution in [3.8, 4) is 0 Å². The molecule has 3 N–H and O–H groups in total. The summed E-state index contributed by atoms with van der Waals surface area (Å²) in [6, 6.07) is 1.99. The van der Waals surface area contributed by atoms with Crippen molar-refractivity contribution in [2.45, 2.75) is 64.1 Å². The Hall–Kier alpha value is -1.36. The van der Waals surface area contributed by atoms with Gasteiger partial charge in [-0.15, -0.1) is 0 Å². The topological polar surface area (TPSA) is 75.0 Å². The van der Waals surface area contributed by atoms with Crippen molar-refractivity contribution in [1.82, 2.24) is 15.1 Å². The second kappa shape index (κ2) is 4.63. The quantitative estimate of drug-likeness (QED) is 0.849. The first-order valence-electron chi connectivity index (χ1n) is 6.79. The maximum absolute atomic E-state index is 12.6. The number of H-pyrrole nitrogens is 1. The molecule has 0 atom stereocenters. The van der Waals surface area contributed by atoms with Gasteiger partial charge in [0, 0.05) is 29.0 Å². The van der Waals surface area contributed by atoms with Gasteiger partial charge >= 0.3 is 0 Å². The summed E-state index contributed by atoms with van der Waals surface area (Å²) in [5, 5.41) is 6.74. The Bertz CT molecular complexity index is 432. The summed E-state index contributed by atoms with van der Waals surface area (Å²) in [7, 11) is 0. The number of likely N-dealkylation sites (tertiary alicyclic amines) is 1. The van der Waals surface area contributed by atoms with Gasteiger partial charge in [-0.2, -0.15) is 5.10 Å².